The summed E-state index contributed by atoms with van der Waals surface area (Å²) < 4.78 is 33.9. The first-order chi connectivity index (χ1) is 15.2. The van der Waals surface area contributed by atoms with E-state index in [1.54, 1.807) is 42.5 Å². The van der Waals surface area contributed by atoms with Crippen LogP contribution in [0.15, 0.2) is 77.7 Å². The minimum absolute atomic E-state index is 0.0475. The molecule has 0 heterocycles. The van der Waals surface area contributed by atoms with Gasteiger partial charge in [-0.15, -0.1) is 0 Å². The Balaban J connectivity index is 1.46. The van der Waals surface area contributed by atoms with E-state index in [4.69, 9.17) is 27.9 Å². The van der Waals surface area contributed by atoms with Crippen molar-refractivity contribution < 1.29 is 23.1 Å². The van der Waals surface area contributed by atoms with E-state index < -0.39 is 27.4 Å². The lowest BCUT2D eigenvalue weighted by Gasteiger charge is -2.16. The number of halogens is 2. The molecule has 0 aromatic heterocycles. The fourth-order valence-corrected chi connectivity index (χ4v) is 5.42. The highest BCUT2D eigenvalue weighted by Crippen LogP contribution is 2.52. The molecule has 9 heteroatoms. The van der Waals surface area contributed by atoms with Crippen molar-refractivity contribution in [3.8, 4) is 5.75 Å². The van der Waals surface area contributed by atoms with Gasteiger partial charge in [0, 0.05) is 21.5 Å². The Labute approximate surface area is 195 Å². The molecule has 2 atom stereocenters. The van der Waals surface area contributed by atoms with Crippen molar-refractivity contribution in [2.45, 2.75) is 29.4 Å². The summed E-state index contributed by atoms with van der Waals surface area (Å²) >= 11 is 12.0. The number of hydrogen-bond acceptors (Lipinski definition) is 4. The number of rotatable bonds is 8. The van der Waals surface area contributed by atoms with Gasteiger partial charge in [-0.3, -0.25) is 4.79 Å². The van der Waals surface area contributed by atoms with Crippen LogP contribution in [-0.4, -0.2) is 25.0 Å². The van der Waals surface area contributed by atoms with E-state index in [0.717, 1.165) is 11.1 Å². The van der Waals surface area contributed by atoms with Crippen LogP contribution in [0.3, 0.4) is 0 Å². The fourth-order valence-electron chi connectivity index (χ4n) is 3.56. The number of nitrogens with one attached hydrogen (secondary N) is 1. The zero-order valence-electron chi connectivity index (χ0n) is 16.7. The molecule has 0 amide bonds. The topological polar surface area (TPSA) is 92.7 Å². The van der Waals surface area contributed by atoms with Gasteiger partial charge in [0.2, 0.25) is 10.0 Å². The molecule has 4 rings (SSSR count). The molecule has 0 aliphatic heterocycles. The summed E-state index contributed by atoms with van der Waals surface area (Å²) in [7, 11) is -4.06. The van der Waals surface area contributed by atoms with Crippen molar-refractivity contribution in [3.05, 3.63) is 94.0 Å². The van der Waals surface area contributed by atoms with Crippen LogP contribution < -0.4 is 9.46 Å². The smallest absolute Gasteiger partial charge is 0.325 e. The second-order valence-electron chi connectivity index (χ2n) is 7.55. The molecular formula is C23H19Cl2NO5S. The van der Waals surface area contributed by atoms with Gasteiger partial charge in [-0.2, -0.15) is 4.72 Å². The summed E-state index contributed by atoms with van der Waals surface area (Å²) in [6, 6.07) is 19.8. The third-order valence-electron chi connectivity index (χ3n) is 5.40. The average molecular weight is 492 g/mol. The first-order valence-corrected chi connectivity index (χ1v) is 11.9. The summed E-state index contributed by atoms with van der Waals surface area (Å²) in [5.74, 6) is -1.19. The molecule has 6 nitrogen and oxygen atoms in total. The Morgan fingerprint density at radius 3 is 2.38 bits per heavy atom. The van der Waals surface area contributed by atoms with Crippen LogP contribution in [0, 0.1) is 0 Å². The molecule has 1 aliphatic carbocycles. The standard InChI is InChI=1S/C23H19Cl2NO5S/c24-17-7-6-16(21(25)12-17)14-31-18-8-10-19(11-9-18)32(29,30)26-23(22(27)28)13-20(23)15-4-2-1-3-5-15/h1-12,20,26H,13-14H2,(H,27,28)/t20-,23+/m0/s1. The molecule has 1 saturated carbocycles. The summed E-state index contributed by atoms with van der Waals surface area (Å²) in [6.07, 6.45) is 0.189. The fraction of sp³-hybridized carbons (Fsp3) is 0.174. The predicted molar refractivity (Wildman–Crippen MR) is 122 cm³/mol. The summed E-state index contributed by atoms with van der Waals surface area (Å²) in [5.41, 5.74) is -0.0403. The maximum Gasteiger partial charge on any atom is 0.325 e. The zero-order chi connectivity index (χ0) is 22.9. The van der Waals surface area contributed by atoms with Crippen LogP contribution in [0.25, 0.3) is 0 Å². The van der Waals surface area contributed by atoms with E-state index in [1.165, 1.54) is 24.3 Å². The third-order valence-corrected chi connectivity index (χ3v) is 7.52. The van der Waals surface area contributed by atoms with E-state index in [2.05, 4.69) is 4.72 Å². The lowest BCUT2D eigenvalue weighted by atomic mass is 10.1. The highest BCUT2D eigenvalue weighted by atomic mass is 35.5. The number of carbonyl (C=O) groups is 1. The van der Waals surface area contributed by atoms with Crippen molar-refractivity contribution in [1.82, 2.24) is 4.72 Å². The van der Waals surface area contributed by atoms with Gasteiger partial charge in [-0.25, -0.2) is 8.42 Å². The Hall–Kier alpha value is -2.58. The molecule has 0 unspecified atom stereocenters. The lowest BCUT2D eigenvalue weighted by molar-refractivity contribution is -0.140. The summed E-state index contributed by atoms with van der Waals surface area (Å²) in [5, 5.41) is 10.7. The van der Waals surface area contributed by atoms with Crippen LogP contribution >= 0.6 is 23.2 Å². The maximum atomic E-state index is 12.9. The van der Waals surface area contributed by atoms with Gasteiger partial charge in [-0.05, 0) is 48.4 Å². The first-order valence-electron chi connectivity index (χ1n) is 9.70. The van der Waals surface area contributed by atoms with Crippen LogP contribution in [0.2, 0.25) is 10.0 Å². The van der Waals surface area contributed by atoms with Crippen LogP contribution in [0.1, 0.15) is 23.5 Å². The molecule has 3 aromatic carbocycles. The van der Waals surface area contributed by atoms with Crippen molar-refractivity contribution in [1.29, 1.82) is 0 Å². The minimum Gasteiger partial charge on any atom is -0.489 e. The number of carboxylic acids is 1. The first kappa shape index (κ1) is 22.6. The largest absolute Gasteiger partial charge is 0.489 e. The van der Waals surface area contributed by atoms with Crippen LogP contribution in [-0.2, 0) is 21.4 Å². The SMILES string of the molecule is O=C(O)[C@@]1(NS(=O)(=O)c2ccc(OCc3ccc(Cl)cc3Cl)cc2)C[C@H]1c1ccccc1. The van der Waals surface area contributed by atoms with Gasteiger partial charge in [0.1, 0.15) is 17.9 Å². The van der Waals surface area contributed by atoms with Gasteiger partial charge < -0.3 is 9.84 Å². The maximum absolute atomic E-state index is 12.9. The van der Waals surface area contributed by atoms with Gasteiger partial charge in [-0.1, -0.05) is 59.6 Å². The summed E-state index contributed by atoms with van der Waals surface area (Å²) in [6.45, 7) is 0.182. The minimum atomic E-state index is -4.06. The molecule has 0 bridgehead atoms. The molecule has 0 saturated heterocycles. The molecule has 166 valence electrons. The molecule has 1 fully saturated rings. The number of aliphatic carboxylic acids is 1. The van der Waals surface area contributed by atoms with E-state index in [-0.39, 0.29) is 17.9 Å². The highest BCUT2D eigenvalue weighted by Gasteiger charge is 2.63. The molecular weight excluding hydrogens is 473 g/mol. The normalized spacial score (nSPS) is 20.0. The number of sulfonamides is 1. The third kappa shape index (κ3) is 4.61. The zero-order valence-corrected chi connectivity index (χ0v) is 19.0. The van der Waals surface area contributed by atoms with Gasteiger partial charge in [0.05, 0.1) is 4.90 Å². The molecule has 3 aromatic rings. The van der Waals surface area contributed by atoms with Gasteiger partial charge in [0.15, 0.2) is 0 Å². The van der Waals surface area contributed by atoms with Gasteiger partial charge >= 0.3 is 5.97 Å². The van der Waals surface area contributed by atoms with E-state index >= 15 is 0 Å². The van der Waals surface area contributed by atoms with Gasteiger partial charge in [0.25, 0.3) is 0 Å². The van der Waals surface area contributed by atoms with E-state index in [9.17, 15) is 18.3 Å². The highest BCUT2D eigenvalue weighted by molar-refractivity contribution is 7.89. The Bertz CT molecular complexity index is 1250. The Morgan fingerprint density at radius 1 is 1.06 bits per heavy atom. The second-order valence-corrected chi connectivity index (χ2v) is 10.1. The average Bonchev–Trinajstić information content (AvgIpc) is 3.49. The number of benzene rings is 3. The molecule has 32 heavy (non-hydrogen) atoms. The second kappa shape index (κ2) is 8.75. The van der Waals surface area contributed by atoms with Crippen molar-refractivity contribution >= 4 is 39.2 Å². The van der Waals surface area contributed by atoms with E-state index in [1.807, 2.05) is 6.07 Å². The molecule has 2 N–H and O–H groups in total. The summed E-state index contributed by atoms with van der Waals surface area (Å²) in [4.78, 5) is 11.9. The number of carboxylic acid groups (broad SMARTS) is 1. The quantitative estimate of drug-likeness (QED) is 0.469. The number of hydrogen-bond donors (Lipinski definition) is 2. The molecule has 0 radical (unpaired) electrons. The lowest BCUT2D eigenvalue weighted by Crippen LogP contribution is -2.44. The monoisotopic (exact) mass is 491 g/mol. The van der Waals surface area contributed by atoms with Crippen LogP contribution in [0.5, 0.6) is 5.75 Å². The molecule has 0 spiro atoms. The van der Waals surface area contributed by atoms with E-state index in [0.29, 0.717) is 15.8 Å². The van der Waals surface area contributed by atoms with Crippen molar-refractivity contribution in [2.24, 2.45) is 0 Å². The number of ether oxygens (including phenoxy) is 1. The Kier molecular flexibility index (Phi) is 6.18. The Morgan fingerprint density at radius 2 is 1.75 bits per heavy atom. The van der Waals surface area contributed by atoms with Crippen LogP contribution in [0.4, 0.5) is 0 Å². The molecule has 1 aliphatic rings. The van der Waals surface area contributed by atoms with Crippen molar-refractivity contribution in [3.63, 3.8) is 0 Å². The van der Waals surface area contributed by atoms with Crippen molar-refractivity contribution in [2.75, 3.05) is 0 Å². The predicted octanol–water partition coefficient (Wildman–Crippen LogP) is 4.86.